The summed E-state index contributed by atoms with van der Waals surface area (Å²) < 4.78 is 14.0. The summed E-state index contributed by atoms with van der Waals surface area (Å²) in [4.78, 5) is 2.15. The maximum atomic E-state index is 14.0. The topological polar surface area (TPSA) is 15.3 Å². The fourth-order valence-electron chi connectivity index (χ4n) is 2.07. The van der Waals surface area contributed by atoms with Crippen molar-refractivity contribution in [3.63, 3.8) is 0 Å². The molecule has 3 heteroatoms. The summed E-state index contributed by atoms with van der Waals surface area (Å²) in [6.45, 7) is 11.5. The first kappa shape index (κ1) is 14.7. The molecule has 0 fully saturated rings. The standard InChI is InChI=1S/C15H23FN2/c1-6-18(10-11(2)3)14-9-7-8-13(16)15(14)12(4)17-5/h7-9,12,17H,2,6,10H2,1,3-5H3. The minimum Gasteiger partial charge on any atom is -0.367 e. The summed E-state index contributed by atoms with van der Waals surface area (Å²) in [7, 11) is 1.84. The number of benzene rings is 1. The molecule has 0 amide bonds. The molecule has 0 aliphatic carbocycles. The van der Waals surface area contributed by atoms with Gasteiger partial charge >= 0.3 is 0 Å². The Bertz CT molecular complexity index is 415. The molecule has 1 unspecified atom stereocenters. The van der Waals surface area contributed by atoms with E-state index in [1.54, 1.807) is 6.07 Å². The first-order chi connectivity index (χ1) is 8.51. The Morgan fingerprint density at radius 1 is 1.50 bits per heavy atom. The van der Waals surface area contributed by atoms with Crippen molar-refractivity contribution in [2.45, 2.75) is 26.8 Å². The number of hydrogen-bond donors (Lipinski definition) is 1. The predicted octanol–water partition coefficient (Wildman–Crippen LogP) is 3.51. The molecule has 18 heavy (non-hydrogen) atoms. The van der Waals surface area contributed by atoms with Gasteiger partial charge in [0, 0.05) is 30.4 Å². The third kappa shape index (κ3) is 3.33. The van der Waals surface area contributed by atoms with E-state index in [2.05, 4.69) is 23.7 Å². The van der Waals surface area contributed by atoms with Crippen LogP contribution >= 0.6 is 0 Å². The molecule has 0 bridgehead atoms. The predicted molar refractivity (Wildman–Crippen MR) is 76.6 cm³/mol. The molecule has 2 nitrogen and oxygen atoms in total. The molecule has 0 saturated carbocycles. The van der Waals surface area contributed by atoms with Gasteiger partial charge in [-0.05, 0) is 40.0 Å². The Labute approximate surface area is 110 Å². The van der Waals surface area contributed by atoms with Crippen LogP contribution in [-0.2, 0) is 0 Å². The minimum atomic E-state index is -0.158. The van der Waals surface area contributed by atoms with E-state index in [4.69, 9.17) is 0 Å². The van der Waals surface area contributed by atoms with E-state index < -0.39 is 0 Å². The monoisotopic (exact) mass is 250 g/mol. The fraction of sp³-hybridized carbons (Fsp3) is 0.467. The molecule has 0 heterocycles. The van der Waals surface area contributed by atoms with E-state index in [0.717, 1.165) is 29.9 Å². The highest BCUT2D eigenvalue weighted by molar-refractivity contribution is 5.56. The van der Waals surface area contributed by atoms with Crippen LogP contribution in [-0.4, -0.2) is 20.1 Å². The average molecular weight is 250 g/mol. The Balaban J connectivity index is 3.20. The van der Waals surface area contributed by atoms with Crippen molar-refractivity contribution < 1.29 is 4.39 Å². The maximum Gasteiger partial charge on any atom is 0.130 e. The highest BCUT2D eigenvalue weighted by Gasteiger charge is 2.17. The molecule has 0 aromatic heterocycles. The lowest BCUT2D eigenvalue weighted by molar-refractivity contribution is 0.560. The number of halogens is 1. The minimum absolute atomic E-state index is 0.0135. The SMILES string of the molecule is C=C(C)CN(CC)c1cccc(F)c1C(C)NC. The van der Waals surface area contributed by atoms with Gasteiger partial charge in [-0.1, -0.05) is 18.2 Å². The summed E-state index contributed by atoms with van der Waals surface area (Å²) in [6, 6.07) is 5.23. The number of hydrogen-bond acceptors (Lipinski definition) is 2. The number of likely N-dealkylation sites (N-methyl/N-ethyl adjacent to an activating group) is 1. The number of anilines is 1. The highest BCUT2D eigenvalue weighted by Crippen LogP contribution is 2.29. The lowest BCUT2D eigenvalue weighted by Gasteiger charge is -2.28. The second-order valence-electron chi connectivity index (χ2n) is 4.65. The number of nitrogens with one attached hydrogen (secondary N) is 1. The number of rotatable bonds is 6. The largest absolute Gasteiger partial charge is 0.367 e. The zero-order valence-electron chi connectivity index (χ0n) is 11.8. The molecular formula is C15H23FN2. The third-order valence-electron chi connectivity index (χ3n) is 3.08. The van der Waals surface area contributed by atoms with Crippen molar-refractivity contribution >= 4 is 5.69 Å². The molecule has 1 aromatic rings. The Kier molecular flexibility index (Phi) is 5.35. The van der Waals surface area contributed by atoms with Crippen LogP contribution in [0.25, 0.3) is 0 Å². The van der Waals surface area contributed by atoms with Gasteiger partial charge in [0.2, 0.25) is 0 Å². The zero-order chi connectivity index (χ0) is 13.7. The van der Waals surface area contributed by atoms with Crippen LogP contribution in [0, 0.1) is 5.82 Å². The molecular weight excluding hydrogens is 227 g/mol. The van der Waals surface area contributed by atoms with Gasteiger partial charge in [-0.3, -0.25) is 0 Å². The van der Waals surface area contributed by atoms with Crippen LogP contribution in [0.1, 0.15) is 32.4 Å². The molecule has 100 valence electrons. The third-order valence-corrected chi connectivity index (χ3v) is 3.08. The van der Waals surface area contributed by atoms with Gasteiger partial charge in [0.25, 0.3) is 0 Å². The van der Waals surface area contributed by atoms with Crippen LogP contribution < -0.4 is 10.2 Å². The quantitative estimate of drug-likeness (QED) is 0.777. The molecule has 0 spiro atoms. The number of nitrogens with zero attached hydrogens (tertiary/aromatic N) is 1. The van der Waals surface area contributed by atoms with Crippen molar-refractivity contribution in [3.05, 3.63) is 41.7 Å². The molecule has 0 aliphatic rings. The smallest absolute Gasteiger partial charge is 0.130 e. The van der Waals surface area contributed by atoms with E-state index in [1.807, 2.05) is 27.0 Å². The molecule has 1 aromatic carbocycles. The molecule has 1 rings (SSSR count). The molecule has 1 N–H and O–H groups in total. The van der Waals surface area contributed by atoms with Gasteiger partial charge in [0.05, 0.1) is 0 Å². The van der Waals surface area contributed by atoms with E-state index in [-0.39, 0.29) is 11.9 Å². The van der Waals surface area contributed by atoms with Crippen molar-refractivity contribution in [1.29, 1.82) is 0 Å². The van der Waals surface area contributed by atoms with Gasteiger partial charge in [0.15, 0.2) is 0 Å². The van der Waals surface area contributed by atoms with Gasteiger partial charge < -0.3 is 10.2 Å². The molecule has 0 saturated heterocycles. The van der Waals surface area contributed by atoms with Crippen LogP contribution in [0.3, 0.4) is 0 Å². The first-order valence-corrected chi connectivity index (χ1v) is 6.36. The van der Waals surface area contributed by atoms with Crippen molar-refractivity contribution in [2.75, 3.05) is 25.0 Å². The van der Waals surface area contributed by atoms with Gasteiger partial charge in [-0.25, -0.2) is 4.39 Å². The van der Waals surface area contributed by atoms with E-state index >= 15 is 0 Å². The lowest BCUT2D eigenvalue weighted by Crippen LogP contribution is -2.27. The second-order valence-corrected chi connectivity index (χ2v) is 4.65. The van der Waals surface area contributed by atoms with Gasteiger partial charge in [-0.15, -0.1) is 0 Å². The average Bonchev–Trinajstić information content (AvgIpc) is 2.34. The Hall–Kier alpha value is -1.35. The second kappa shape index (κ2) is 6.55. The summed E-state index contributed by atoms with van der Waals surface area (Å²) in [5, 5.41) is 3.11. The van der Waals surface area contributed by atoms with Crippen molar-refractivity contribution in [1.82, 2.24) is 5.32 Å². The van der Waals surface area contributed by atoms with E-state index in [1.165, 1.54) is 6.07 Å². The van der Waals surface area contributed by atoms with Crippen LogP contribution in [0.2, 0.25) is 0 Å². The Morgan fingerprint density at radius 3 is 2.67 bits per heavy atom. The summed E-state index contributed by atoms with van der Waals surface area (Å²) in [6.07, 6.45) is 0. The van der Waals surface area contributed by atoms with Gasteiger partial charge in [-0.2, -0.15) is 0 Å². The Morgan fingerprint density at radius 2 is 2.17 bits per heavy atom. The summed E-state index contributed by atoms with van der Waals surface area (Å²) in [5.41, 5.74) is 2.75. The van der Waals surface area contributed by atoms with Crippen LogP contribution in [0.15, 0.2) is 30.4 Å². The fourth-order valence-corrected chi connectivity index (χ4v) is 2.07. The van der Waals surface area contributed by atoms with Crippen LogP contribution in [0.4, 0.5) is 10.1 Å². The summed E-state index contributed by atoms with van der Waals surface area (Å²) in [5.74, 6) is -0.158. The van der Waals surface area contributed by atoms with Gasteiger partial charge in [0.1, 0.15) is 5.82 Å². The zero-order valence-corrected chi connectivity index (χ0v) is 11.8. The van der Waals surface area contributed by atoms with Crippen molar-refractivity contribution in [3.8, 4) is 0 Å². The molecule has 1 atom stereocenters. The highest BCUT2D eigenvalue weighted by atomic mass is 19.1. The normalized spacial score (nSPS) is 12.3. The summed E-state index contributed by atoms with van der Waals surface area (Å²) >= 11 is 0. The molecule has 0 radical (unpaired) electrons. The lowest BCUT2D eigenvalue weighted by atomic mass is 10.0. The van der Waals surface area contributed by atoms with Crippen LogP contribution in [0.5, 0.6) is 0 Å². The van der Waals surface area contributed by atoms with Crippen molar-refractivity contribution in [2.24, 2.45) is 0 Å². The first-order valence-electron chi connectivity index (χ1n) is 6.36. The molecule has 0 aliphatic heterocycles. The van der Waals surface area contributed by atoms with E-state index in [9.17, 15) is 4.39 Å². The maximum absolute atomic E-state index is 14.0. The van der Waals surface area contributed by atoms with E-state index in [0.29, 0.717) is 0 Å².